The Labute approximate surface area is 106 Å². The standard InChI is InChI=1S/C10H9N5O4/c1-4(19-2)6-3-5(10(17)18)12-9-7(8(11)16)13-14-15(6)9/h3H,1H2,2H3,(H2,11,16)(H,17,18). The lowest BCUT2D eigenvalue weighted by molar-refractivity contribution is 0.0690. The monoisotopic (exact) mass is 263 g/mol. The normalized spacial score (nSPS) is 10.4. The molecule has 0 radical (unpaired) electrons. The van der Waals surface area contributed by atoms with Crippen molar-refractivity contribution in [3.63, 3.8) is 0 Å². The SMILES string of the molecule is C=C(OC)c1cc(C(=O)O)nc2c(C(N)=O)nnn12. The molecule has 2 heterocycles. The highest BCUT2D eigenvalue weighted by Gasteiger charge is 2.20. The zero-order valence-corrected chi connectivity index (χ0v) is 9.82. The van der Waals surface area contributed by atoms with E-state index in [0.717, 1.165) is 4.52 Å². The van der Waals surface area contributed by atoms with Crippen LogP contribution in [0.25, 0.3) is 11.4 Å². The van der Waals surface area contributed by atoms with E-state index in [1.807, 2.05) is 0 Å². The molecule has 0 atom stereocenters. The topological polar surface area (TPSA) is 133 Å². The van der Waals surface area contributed by atoms with Gasteiger partial charge in [-0.1, -0.05) is 11.8 Å². The number of aromatic nitrogens is 4. The third-order valence-electron chi connectivity index (χ3n) is 2.36. The van der Waals surface area contributed by atoms with Crippen LogP contribution in [-0.2, 0) is 4.74 Å². The van der Waals surface area contributed by atoms with E-state index in [-0.39, 0.29) is 28.5 Å². The number of fused-ring (bicyclic) bond motifs is 1. The second-order valence-electron chi connectivity index (χ2n) is 3.50. The van der Waals surface area contributed by atoms with E-state index in [0.29, 0.717) is 0 Å². The van der Waals surface area contributed by atoms with Gasteiger partial charge in [-0.05, 0) is 0 Å². The largest absolute Gasteiger partial charge is 0.495 e. The molecule has 0 aromatic carbocycles. The molecule has 0 saturated heterocycles. The molecule has 0 aliphatic carbocycles. The number of carbonyl (C=O) groups is 2. The summed E-state index contributed by atoms with van der Waals surface area (Å²) in [7, 11) is 1.36. The van der Waals surface area contributed by atoms with Crippen LogP contribution < -0.4 is 5.73 Å². The lowest BCUT2D eigenvalue weighted by Gasteiger charge is -2.07. The van der Waals surface area contributed by atoms with Crippen molar-refractivity contribution in [2.75, 3.05) is 7.11 Å². The van der Waals surface area contributed by atoms with E-state index in [4.69, 9.17) is 15.6 Å². The van der Waals surface area contributed by atoms with Gasteiger partial charge in [-0.15, -0.1) is 5.10 Å². The second kappa shape index (κ2) is 4.37. The first-order valence-electron chi connectivity index (χ1n) is 4.98. The number of aromatic carboxylic acids is 1. The molecule has 3 N–H and O–H groups in total. The lowest BCUT2D eigenvalue weighted by atomic mass is 10.2. The Morgan fingerprint density at radius 2 is 2.21 bits per heavy atom. The Morgan fingerprint density at radius 3 is 2.74 bits per heavy atom. The highest BCUT2D eigenvalue weighted by atomic mass is 16.5. The summed E-state index contributed by atoms with van der Waals surface area (Å²) in [5, 5.41) is 16.2. The first kappa shape index (κ1) is 12.5. The summed E-state index contributed by atoms with van der Waals surface area (Å²) in [4.78, 5) is 26.0. The van der Waals surface area contributed by atoms with Crippen molar-refractivity contribution < 1.29 is 19.4 Å². The number of methoxy groups -OCH3 is 1. The number of carboxylic acid groups (broad SMARTS) is 1. The summed E-state index contributed by atoms with van der Waals surface area (Å²) < 4.78 is 6.07. The fourth-order valence-corrected chi connectivity index (χ4v) is 1.45. The number of primary amides is 1. The summed E-state index contributed by atoms with van der Waals surface area (Å²) in [6.45, 7) is 3.60. The van der Waals surface area contributed by atoms with Gasteiger partial charge in [-0.3, -0.25) is 4.79 Å². The number of nitrogens with two attached hydrogens (primary N) is 1. The molecule has 0 aliphatic heterocycles. The van der Waals surface area contributed by atoms with Crippen molar-refractivity contribution in [2.24, 2.45) is 5.73 Å². The van der Waals surface area contributed by atoms with Crippen LogP contribution in [-0.4, -0.2) is 43.9 Å². The Kier molecular flexibility index (Phi) is 2.87. The molecule has 0 fully saturated rings. The minimum atomic E-state index is -1.27. The van der Waals surface area contributed by atoms with E-state index in [1.165, 1.54) is 13.2 Å². The summed E-state index contributed by atoms with van der Waals surface area (Å²) in [5.41, 5.74) is 4.73. The summed E-state index contributed by atoms with van der Waals surface area (Å²) in [6, 6.07) is 1.21. The maximum absolute atomic E-state index is 11.2. The maximum atomic E-state index is 11.2. The Bertz CT molecular complexity index is 705. The Balaban J connectivity index is 2.83. The first-order chi connectivity index (χ1) is 8.95. The molecule has 2 aromatic rings. The van der Waals surface area contributed by atoms with Crippen LogP contribution in [0.15, 0.2) is 12.6 Å². The zero-order chi connectivity index (χ0) is 14.2. The Hall–Kier alpha value is -2.97. The molecule has 19 heavy (non-hydrogen) atoms. The van der Waals surface area contributed by atoms with Crippen molar-refractivity contribution >= 4 is 23.3 Å². The third-order valence-corrected chi connectivity index (χ3v) is 2.36. The van der Waals surface area contributed by atoms with Crippen molar-refractivity contribution in [3.8, 4) is 0 Å². The van der Waals surface area contributed by atoms with Crippen LogP contribution in [0.3, 0.4) is 0 Å². The van der Waals surface area contributed by atoms with E-state index in [9.17, 15) is 9.59 Å². The average Bonchev–Trinajstić information content (AvgIpc) is 2.80. The minimum absolute atomic E-state index is 0.0689. The first-order valence-corrected chi connectivity index (χ1v) is 4.98. The molecule has 98 valence electrons. The van der Waals surface area contributed by atoms with E-state index >= 15 is 0 Å². The summed E-state index contributed by atoms with van der Waals surface area (Å²) in [5.74, 6) is -1.99. The molecule has 9 nitrogen and oxygen atoms in total. The van der Waals surface area contributed by atoms with Gasteiger partial charge < -0.3 is 15.6 Å². The second-order valence-corrected chi connectivity index (χ2v) is 3.50. The number of carboxylic acids is 1. The fourth-order valence-electron chi connectivity index (χ4n) is 1.45. The zero-order valence-electron chi connectivity index (χ0n) is 9.82. The molecule has 2 aromatic heterocycles. The van der Waals surface area contributed by atoms with Crippen LogP contribution in [0.5, 0.6) is 0 Å². The molecule has 1 amide bonds. The van der Waals surface area contributed by atoms with Crippen LogP contribution >= 0.6 is 0 Å². The van der Waals surface area contributed by atoms with E-state index in [2.05, 4.69) is 21.9 Å². The van der Waals surface area contributed by atoms with Crippen molar-refractivity contribution in [3.05, 3.63) is 29.7 Å². The molecular weight excluding hydrogens is 254 g/mol. The number of rotatable bonds is 4. The summed E-state index contributed by atoms with van der Waals surface area (Å²) >= 11 is 0. The van der Waals surface area contributed by atoms with Gasteiger partial charge in [0.25, 0.3) is 5.91 Å². The summed E-state index contributed by atoms with van der Waals surface area (Å²) in [6.07, 6.45) is 0. The molecule has 9 heteroatoms. The third kappa shape index (κ3) is 1.97. The van der Waals surface area contributed by atoms with Gasteiger partial charge in [0.1, 0.15) is 11.5 Å². The number of nitrogens with zero attached hydrogens (tertiary/aromatic N) is 4. The van der Waals surface area contributed by atoms with Gasteiger partial charge in [0, 0.05) is 6.07 Å². The van der Waals surface area contributed by atoms with Crippen LogP contribution in [0.1, 0.15) is 26.7 Å². The van der Waals surface area contributed by atoms with Gasteiger partial charge >= 0.3 is 5.97 Å². The van der Waals surface area contributed by atoms with Crippen molar-refractivity contribution in [2.45, 2.75) is 0 Å². The quantitative estimate of drug-likeness (QED) is 0.713. The smallest absolute Gasteiger partial charge is 0.354 e. The number of hydrogen-bond acceptors (Lipinski definition) is 6. The molecule has 0 unspecified atom stereocenters. The number of carbonyl (C=O) groups excluding carboxylic acids is 1. The average molecular weight is 263 g/mol. The van der Waals surface area contributed by atoms with E-state index in [1.54, 1.807) is 0 Å². The number of ether oxygens (including phenoxy) is 1. The maximum Gasteiger partial charge on any atom is 0.354 e. The Morgan fingerprint density at radius 1 is 1.53 bits per heavy atom. The van der Waals surface area contributed by atoms with Gasteiger partial charge in [0.15, 0.2) is 17.0 Å². The molecular formula is C10H9N5O4. The van der Waals surface area contributed by atoms with Crippen LogP contribution in [0.4, 0.5) is 0 Å². The number of amides is 1. The van der Waals surface area contributed by atoms with Crippen LogP contribution in [0.2, 0.25) is 0 Å². The van der Waals surface area contributed by atoms with Gasteiger partial charge in [0.05, 0.1) is 7.11 Å². The van der Waals surface area contributed by atoms with Gasteiger partial charge in [0.2, 0.25) is 0 Å². The predicted molar refractivity (Wildman–Crippen MR) is 62.3 cm³/mol. The number of hydrogen-bond donors (Lipinski definition) is 2. The van der Waals surface area contributed by atoms with Crippen LogP contribution in [0, 0.1) is 0 Å². The highest BCUT2D eigenvalue weighted by molar-refractivity contribution is 5.97. The molecule has 0 aliphatic rings. The predicted octanol–water partition coefficient (Wildman–Crippen LogP) is -0.462. The molecule has 0 bridgehead atoms. The lowest BCUT2D eigenvalue weighted by Crippen LogP contribution is -2.14. The highest BCUT2D eigenvalue weighted by Crippen LogP contribution is 2.17. The fraction of sp³-hybridized carbons (Fsp3) is 0.100. The van der Waals surface area contributed by atoms with Crippen molar-refractivity contribution in [1.29, 1.82) is 0 Å². The molecule has 0 saturated carbocycles. The van der Waals surface area contributed by atoms with Gasteiger partial charge in [-0.25, -0.2) is 9.78 Å². The van der Waals surface area contributed by atoms with E-state index < -0.39 is 11.9 Å². The minimum Gasteiger partial charge on any atom is -0.495 e. The molecule has 2 rings (SSSR count). The van der Waals surface area contributed by atoms with Gasteiger partial charge in [-0.2, -0.15) is 4.52 Å². The molecule has 0 spiro atoms. The van der Waals surface area contributed by atoms with Crippen molar-refractivity contribution in [1.82, 2.24) is 19.8 Å².